The summed E-state index contributed by atoms with van der Waals surface area (Å²) in [5, 5.41) is 8.25. The van der Waals surface area contributed by atoms with Crippen LogP contribution in [0.2, 0.25) is 5.02 Å². The summed E-state index contributed by atoms with van der Waals surface area (Å²) < 4.78 is 25.9. The molecule has 0 aromatic heterocycles. The van der Waals surface area contributed by atoms with E-state index in [4.69, 9.17) is 22.4 Å². The maximum atomic E-state index is 13.2. The number of hydrogen-bond donors (Lipinski definition) is 2. The van der Waals surface area contributed by atoms with Crippen molar-refractivity contribution in [1.82, 2.24) is 0 Å². The summed E-state index contributed by atoms with van der Waals surface area (Å²) in [5.74, 6) is -4.07. The van der Waals surface area contributed by atoms with Gasteiger partial charge in [0.15, 0.2) is 11.6 Å². The van der Waals surface area contributed by atoms with Gasteiger partial charge in [0.2, 0.25) is 0 Å². The first-order valence-corrected chi connectivity index (χ1v) is 3.96. The van der Waals surface area contributed by atoms with E-state index in [1.807, 2.05) is 0 Å². The molecule has 1 aromatic carbocycles. The Hall–Kier alpha value is -1.20. The zero-order valence-electron chi connectivity index (χ0n) is 6.85. The van der Waals surface area contributed by atoms with Crippen LogP contribution < -0.4 is 5.73 Å². The molecule has 76 valence electrons. The molecule has 0 aliphatic carbocycles. The largest absolute Gasteiger partial charge is 0.507 e. The van der Waals surface area contributed by atoms with Gasteiger partial charge in [-0.1, -0.05) is 11.6 Å². The molecule has 1 rings (SSSR count). The first kappa shape index (κ1) is 10.9. The lowest BCUT2D eigenvalue weighted by Gasteiger charge is -2.05. The van der Waals surface area contributed by atoms with Gasteiger partial charge in [0.05, 0.1) is 12.1 Å². The summed E-state index contributed by atoms with van der Waals surface area (Å²) in [4.78, 5) is 11.0. The minimum absolute atomic E-state index is 0.494. The number of aromatic hydroxyl groups is 1. The highest BCUT2D eigenvalue weighted by atomic mass is 35.5. The number of nitrogens with two attached hydrogens (primary N) is 1. The van der Waals surface area contributed by atoms with Crippen molar-refractivity contribution in [3.8, 4) is 5.75 Å². The van der Waals surface area contributed by atoms with Crippen molar-refractivity contribution in [2.75, 3.05) is 6.54 Å². The fraction of sp³-hybridized carbons (Fsp3) is 0.125. The third-order valence-corrected chi connectivity index (χ3v) is 1.95. The minimum Gasteiger partial charge on any atom is -0.507 e. The first-order valence-electron chi connectivity index (χ1n) is 3.58. The van der Waals surface area contributed by atoms with Crippen LogP contribution in [0.15, 0.2) is 6.07 Å². The third-order valence-electron chi connectivity index (χ3n) is 1.61. The second-order valence-corrected chi connectivity index (χ2v) is 2.89. The Morgan fingerprint density at radius 3 is 2.64 bits per heavy atom. The lowest BCUT2D eigenvalue weighted by Crippen LogP contribution is -2.15. The van der Waals surface area contributed by atoms with E-state index in [2.05, 4.69) is 0 Å². The molecule has 0 saturated heterocycles. The number of carbonyl (C=O) groups excluding carboxylic acids is 1. The molecule has 0 radical (unpaired) electrons. The quantitative estimate of drug-likeness (QED) is 0.587. The van der Waals surface area contributed by atoms with Crippen LogP contribution in [-0.2, 0) is 0 Å². The Labute approximate surface area is 83.1 Å². The van der Waals surface area contributed by atoms with E-state index in [0.717, 1.165) is 0 Å². The summed E-state index contributed by atoms with van der Waals surface area (Å²) >= 11 is 5.20. The van der Waals surface area contributed by atoms with Gasteiger partial charge < -0.3 is 10.8 Å². The molecule has 0 fully saturated rings. The van der Waals surface area contributed by atoms with Gasteiger partial charge >= 0.3 is 0 Å². The van der Waals surface area contributed by atoms with Crippen molar-refractivity contribution in [2.24, 2.45) is 5.73 Å². The van der Waals surface area contributed by atoms with Crippen LogP contribution >= 0.6 is 11.6 Å². The molecule has 0 unspecified atom stereocenters. The zero-order chi connectivity index (χ0) is 10.9. The second-order valence-electron chi connectivity index (χ2n) is 2.51. The molecule has 0 aliphatic rings. The Balaban J connectivity index is 3.44. The number of Topliss-reactive ketones (excluding diaryl/α,β-unsaturated/α-hetero) is 1. The smallest absolute Gasteiger partial charge is 0.183 e. The van der Waals surface area contributed by atoms with Crippen LogP contribution in [0.5, 0.6) is 5.75 Å². The predicted molar refractivity (Wildman–Crippen MR) is 46.4 cm³/mol. The van der Waals surface area contributed by atoms with Crippen molar-refractivity contribution in [2.45, 2.75) is 0 Å². The molecule has 1 aromatic rings. The number of halogens is 3. The number of ketones is 1. The minimum atomic E-state index is -1.29. The van der Waals surface area contributed by atoms with Gasteiger partial charge in [-0.05, 0) is 0 Å². The normalized spacial score (nSPS) is 10.3. The number of hydrogen-bond acceptors (Lipinski definition) is 3. The van der Waals surface area contributed by atoms with Gasteiger partial charge in [-0.25, -0.2) is 8.78 Å². The van der Waals surface area contributed by atoms with Gasteiger partial charge in [0.1, 0.15) is 16.6 Å². The van der Waals surface area contributed by atoms with Gasteiger partial charge in [-0.3, -0.25) is 4.79 Å². The van der Waals surface area contributed by atoms with E-state index in [-0.39, 0.29) is 0 Å². The molecule has 0 amide bonds. The fourth-order valence-corrected chi connectivity index (χ4v) is 1.10. The summed E-state index contributed by atoms with van der Waals surface area (Å²) in [6.45, 7) is -0.494. The van der Waals surface area contributed by atoms with Crippen LogP contribution in [0.1, 0.15) is 10.4 Å². The summed E-state index contributed by atoms with van der Waals surface area (Å²) in [6.07, 6.45) is 0. The maximum absolute atomic E-state index is 13.2. The van der Waals surface area contributed by atoms with Crippen LogP contribution in [0.3, 0.4) is 0 Å². The number of phenols is 1. The molecular formula is C8H6ClF2NO2. The maximum Gasteiger partial charge on any atom is 0.183 e. The van der Waals surface area contributed by atoms with Crippen molar-refractivity contribution < 1.29 is 18.7 Å². The van der Waals surface area contributed by atoms with Gasteiger partial charge in [0.25, 0.3) is 0 Å². The molecule has 0 atom stereocenters. The Bertz CT molecular complexity index is 395. The number of benzene rings is 1. The molecule has 14 heavy (non-hydrogen) atoms. The average Bonchev–Trinajstić information content (AvgIpc) is 2.14. The Kier molecular flexibility index (Phi) is 3.03. The lowest BCUT2D eigenvalue weighted by atomic mass is 10.1. The highest BCUT2D eigenvalue weighted by Crippen LogP contribution is 2.29. The van der Waals surface area contributed by atoms with E-state index >= 15 is 0 Å². The molecule has 3 N–H and O–H groups in total. The van der Waals surface area contributed by atoms with Gasteiger partial charge in [0, 0.05) is 6.07 Å². The van der Waals surface area contributed by atoms with E-state index in [0.29, 0.717) is 6.07 Å². The first-order chi connectivity index (χ1) is 6.49. The van der Waals surface area contributed by atoms with Crippen LogP contribution in [0.25, 0.3) is 0 Å². The molecule has 0 aliphatic heterocycles. The summed E-state index contributed by atoms with van der Waals surface area (Å²) in [6, 6.07) is 0.564. The van der Waals surface area contributed by atoms with E-state index in [9.17, 15) is 13.6 Å². The standard InChI is InChI=1S/C8H6ClF2NO2/c9-7-3(10)1-4(13)6(8(7)11)5(14)2-12/h1,13H,2,12H2. The number of carbonyl (C=O) groups is 1. The van der Waals surface area contributed by atoms with Crippen molar-refractivity contribution in [3.05, 3.63) is 28.3 Å². The van der Waals surface area contributed by atoms with Gasteiger partial charge in [-0.2, -0.15) is 0 Å². The highest BCUT2D eigenvalue weighted by Gasteiger charge is 2.21. The molecular weight excluding hydrogens is 216 g/mol. The van der Waals surface area contributed by atoms with Crippen LogP contribution in [0.4, 0.5) is 8.78 Å². The Morgan fingerprint density at radius 1 is 1.57 bits per heavy atom. The second kappa shape index (κ2) is 3.89. The van der Waals surface area contributed by atoms with E-state index in [1.165, 1.54) is 0 Å². The van der Waals surface area contributed by atoms with Crippen molar-refractivity contribution >= 4 is 17.4 Å². The highest BCUT2D eigenvalue weighted by molar-refractivity contribution is 6.31. The van der Waals surface area contributed by atoms with Crippen LogP contribution in [0, 0.1) is 11.6 Å². The number of phenolic OH excluding ortho intramolecular Hbond substituents is 1. The molecule has 6 heteroatoms. The zero-order valence-corrected chi connectivity index (χ0v) is 7.61. The van der Waals surface area contributed by atoms with Crippen LogP contribution in [-0.4, -0.2) is 17.4 Å². The lowest BCUT2D eigenvalue weighted by molar-refractivity contribution is 0.0994. The van der Waals surface area contributed by atoms with Gasteiger partial charge in [-0.15, -0.1) is 0 Å². The van der Waals surface area contributed by atoms with Crippen molar-refractivity contribution in [1.29, 1.82) is 0 Å². The molecule has 0 spiro atoms. The predicted octanol–water partition coefficient (Wildman–Crippen LogP) is 1.47. The molecule has 0 saturated carbocycles. The third kappa shape index (κ3) is 1.69. The SMILES string of the molecule is NCC(=O)c1c(O)cc(F)c(Cl)c1F. The molecule has 0 heterocycles. The fourth-order valence-electron chi connectivity index (χ4n) is 0.950. The molecule has 0 bridgehead atoms. The van der Waals surface area contributed by atoms with Crippen molar-refractivity contribution in [3.63, 3.8) is 0 Å². The number of rotatable bonds is 2. The van der Waals surface area contributed by atoms with E-state index in [1.54, 1.807) is 0 Å². The van der Waals surface area contributed by atoms with E-state index < -0.39 is 40.3 Å². The topological polar surface area (TPSA) is 63.3 Å². The Morgan fingerprint density at radius 2 is 2.14 bits per heavy atom. The average molecular weight is 222 g/mol. The summed E-state index contributed by atoms with van der Waals surface area (Å²) in [7, 11) is 0. The monoisotopic (exact) mass is 221 g/mol. The summed E-state index contributed by atoms with van der Waals surface area (Å²) in [5.41, 5.74) is 4.28. The molecule has 3 nitrogen and oxygen atoms in total.